The third kappa shape index (κ3) is 5.17. The number of benzene rings is 1. The number of hydrogen-bond donors (Lipinski definition) is 0. The molecule has 1 amide bonds. The van der Waals surface area contributed by atoms with E-state index in [1.807, 2.05) is 13.8 Å². The van der Waals surface area contributed by atoms with E-state index in [1.54, 1.807) is 13.0 Å². The van der Waals surface area contributed by atoms with Crippen LogP contribution in [0.3, 0.4) is 0 Å². The van der Waals surface area contributed by atoms with E-state index in [0.29, 0.717) is 6.54 Å². The minimum atomic E-state index is -0.535. The van der Waals surface area contributed by atoms with Gasteiger partial charge in [-0.1, -0.05) is 19.9 Å². The number of esters is 1. The molecule has 0 aliphatic heterocycles. The quantitative estimate of drug-likeness (QED) is 0.758. The first-order valence-electron chi connectivity index (χ1n) is 6.97. The molecule has 0 saturated heterocycles. The Kier molecular flexibility index (Phi) is 6.34. The summed E-state index contributed by atoms with van der Waals surface area (Å²) in [4.78, 5) is 25.2. The van der Waals surface area contributed by atoms with Crippen molar-refractivity contribution in [3.05, 3.63) is 35.1 Å². The van der Waals surface area contributed by atoms with E-state index in [1.165, 1.54) is 24.1 Å². The molecule has 0 bridgehead atoms. The summed E-state index contributed by atoms with van der Waals surface area (Å²) in [6.45, 7) is 6.37. The number of rotatable bonds is 6. The summed E-state index contributed by atoms with van der Waals surface area (Å²) in [6.07, 6.45) is 0.0996. The fraction of sp³-hybridized carbons (Fsp3) is 0.500. The number of aryl methyl sites for hydroxylation is 1. The average Bonchev–Trinajstić information content (AvgIpc) is 2.42. The fourth-order valence-corrected chi connectivity index (χ4v) is 2.01. The molecule has 0 N–H and O–H groups in total. The van der Waals surface area contributed by atoms with Crippen LogP contribution < -0.4 is 0 Å². The van der Waals surface area contributed by atoms with Crippen molar-refractivity contribution in [2.75, 3.05) is 20.2 Å². The van der Waals surface area contributed by atoms with Crippen molar-refractivity contribution < 1.29 is 18.7 Å². The summed E-state index contributed by atoms with van der Waals surface area (Å²) in [6, 6.07) is 4.52. The fourth-order valence-electron chi connectivity index (χ4n) is 2.01. The number of halogens is 1. The number of carbonyl (C=O) groups is 2. The lowest BCUT2D eigenvalue weighted by Gasteiger charge is -2.24. The number of nitrogens with zero attached hydrogens (tertiary/aromatic N) is 1. The third-order valence-electron chi connectivity index (χ3n) is 3.04. The van der Waals surface area contributed by atoms with E-state index in [4.69, 9.17) is 0 Å². The maximum atomic E-state index is 13.9. The van der Waals surface area contributed by atoms with E-state index >= 15 is 0 Å². The molecule has 1 aromatic carbocycles. The van der Waals surface area contributed by atoms with Crippen LogP contribution in [0.2, 0.25) is 0 Å². The van der Waals surface area contributed by atoms with Gasteiger partial charge < -0.3 is 9.64 Å². The lowest BCUT2D eigenvalue weighted by molar-refractivity contribution is -0.140. The molecule has 0 radical (unpaired) electrons. The molecule has 4 nitrogen and oxygen atoms in total. The van der Waals surface area contributed by atoms with Crippen LogP contribution in [0.1, 0.15) is 36.2 Å². The first kappa shape index (κ1) is 17.1. The number of amides is 1. The van der Waals surface area contributed by atoms with Crippen molar-refractivity contribution in [3.63, 3.8) is 0 Å². The number of ether oxygens (including phenoxy) is 1. The van der Waals surface area contributed by atoms with Crippen LogP contribution in [0.15, 0.2) is 18.2 Å². The predicted molar refractivity (Wildman–Crippen MR) is 78.5 cm³/mol. The number of carbonyl (C=O) groups excluding carboxylic acids is 2. The van der Waals surface area contributed by atoms with Gasteiger partial charge in [0, 0.05) is 13.1 Å². The van der Waals surface area contributed by atoms with Crippen LogP contribution >= 0.6 is 0 Å². The zero-order chi connectivity index (χ0) is 16.0. The summed E-state index contributed by atoms with van der Waals surface area (Å²) in [5, 5.41) is 0. The molecule has 1 aromatic rings. The van der Waals surface area contributed by atoms with Gasteiger partial charge in [0.1, 0.15) is 5.82 Å². The van der Waals surface area contributed by atoms with E-state index in [9.17, 15) is 14.0 Å². The molecule has 5 heteroatoms. The van der Waals surface area contributed by atoms with Gasteiger partial charge in [0.05, 0.1) is 19.1 Å². The molecule has 0 fully saturated rings. The highest BCUT2D eigenvalue weighted by atomic mass is 19.1. The second kappa shape index (κ2) is 7.76. The van der Waals surface area contributed by atoms with Crippen LogP contribution in [0.25, 0.3) is 0 Å². The molecule has 0 aliphatic carbocycles. The molecule has 0 spiro atoms. The molecule has 0 heterocycles. The minimum Gasteiger partial charge on any atom is -0.469 e. The molecule has 116 valence electrons. The van der Waals surface area contributed by atoms with Crippen molar-refractivity contribution in [2.45, 2.75) is 27.2 Å². The average molecular weight is 295 g/mol. The van der Waals surface area contributed by atoms with Gasteiger partial charge >= 0.3 is 5.97 Å². The van der Waals surface area contributed by atoms with E-state index in [2.05, 4.69) is 4.74 Å². The monoisotopic (exact) mass is 295 g/mol. The SMILES string of the molecule is COC(=O)CCN(CC(C)C)C(=O)c1ccc(C)cc1F. The van der Waals surface area contributed by atoms with Crippen molar-refractivity contribution >= 4 is 11.9 Å². The largest absolute Gasteiger partial charge is 0.469 e. The molecule has 0 aromatic heterocycles. The second-order valence-corrected chi connectivity index (χ2v) is 5.45. The number of methoxy groups -OCH3 is 1. The van der Waals surface area contributed by atoms with Gasteiger partial charge in [-0.25, -0.2) is 4.39 Å². The van der Waals surface area contributed by atoms with Crippen LogP contribution in [-0.4, -0.2) is 37.0 Å². The van der Waals surface area contributed by atoms with E-state index < -0.39 is 11.7 Å². The van der Waals surface area contributed by atoms with E-state index in [-0.39, 0.29) is 30.4 Å². The van der Waals surface area contributed by atoms with Gasteiger partial charge in [-0.3, -0.25) is 9.59 Å². The zero-order valence-electron chi connectivity index (χ0n) is 13.0. The standard InChI is InChI=1S/C16H22FNO3/c1-11(2)10-18(8-7-15(19)21-4)16(20)13-6-5-12(3)9-14(13)17/h5-6,9,11H,7-8,10H2,1-4H3. The Balaban J connectivity index is 2.90. The Morgan fingerprint density at radius 2 is 2.00 bits per heavy atom. The Labute approximate surface area is 124 Å². The van der Waals surface area contributed by atoms with Crippen molar-refractivity contribution in [3.8, 4) is 0 Å². The first-order valence-corrected chi connectivity index (χ1v) is 6.97. The molecule has 21 heavy (non-hydrogen) atoms. The van der Waals surface area contributed by atoms with Crippen LogP contribution in [0, 0.1) is 18.7 Å². The van der Waals surface area contributed by atoms with Crippen molar-refractivity contribution in [1.29, 1.82) is 0 Å². The summed E-state index contributed by atoms with van der Waals surface area (Å²) in [5.41, 5.74) is 0.792. The van der Waals surface area contributed by atoms with Gasteiger partial charge in [0.25, 0.3) is 5.91 Å². The topological polar surface area (TPSA) is 46.6 Å². The van der Waals surface area contributed by atoms with Crippen LogP contribution in [-0.2, 0) is 9.53 Å². The Hall–Kier alpha value is -1.91. The van der Waals surface area contributed by atoms with Gasteiger partial charge in [-0.15, -0.1) is 0 Å². The van der Waals surface area contributed by atoms with Crippen LogP contribution in [0.4, 0.5) is 4.39 Å². The van der Waals surface area contributed by atoms with Crippen molar-refractivity contribution in [1.82, 2.24) is 4.90 Å². The van der Waals surface area contributed by atoms with Gasteiger partial charge in [0.15, 0.2) is 0 Å². The highest BCUT2D eigenvalue weighted by Gasteiger charge is 2.21. The molecular weight excluding hydrogens is 273 g/mol. The maximum absolute atomic E-state index is 13.9. The Morgan fingerprint density at radius 1 is 1.33 bits per heavy atom. The predicted octanol–water partition coefficient (Wildman–Crippen LogP) is 2.80. The van der Waals surface area contributed by atoms with Gasteiger partial charge in [-0.2, -0.15) is 0 Å². The first-order chi connectivity index (χ1) is 9.85. The summed E-state index contributed by atoms with van der Waals surface area (Å²) in [5.74, 6) is -1.10. The summed E-state index contributed by atoms with van der Waals surface area (Å²) >= 11 is 0. The smallest absolute Gasteiger partial charge is 0.307 e. The number of hydrogen-bond acceptors (Lipinski definition) is 3. The second-order valence-electron chi connectivity index (χ2n) is 5.45. The summed E-state index contributed by atoms with van der Waals surface area (Å²) in [7, 11) is 1.30. The lowest BCUT2D eigenvalue weighted by Crippen LogP contribution is -2.36. The molecule has 0 saturated carbocycles. The van der Waals surface area contributed by atoms with Gasteiger partial charge in [0.2, 0.25) is 0 Å². The Morgan fingerprint density at radius 3 is 2.52 bits per heavy atom. The zero-order valence-corrected chi connectivity index (χ0v) is 13.0. The highest BCUT2D eigenvalue weighted by molar-refractivity contribution is 5.94. The van der Waals surface area contributed by atoms with Gasteiger partial charge in [-0.05, 0) is 30.5 Å². The molecular formula is C16H22FNO3. The minimum absolute atomic E-state index is 0.0334. The van der Waals surface area contributed by atoms with Crippen LogP contribution in [0.5, 0.6) is 0 Å². The molecule has 0 atom stereocenters. The van der Waals surface area contributed by atoms with E-state index in [0.717, 1.165) is 5.56 Å². The Bertz CT molecular complexity index is 514. The summed E-state index contributed by atoms with van der Waals surface area (Å²) < 4.78 is 18.5. The normalized spacial score (nSPS) is 10.6. The lowest BCUT2D eigenvalue weighted by atomic mass is 10.1. The molecule has 0 unspecified atom stereocenters. The van der Waals surface area contributed by atoms with Crippen molar-refractivity contribution in [2.24, 2.45) is 5.92 Å². The molecule has 0 aliphatic rings. The third-order valence-corrected chi connectivity index (χ3v) is 3.04. The maximum Gasteiger partial charge on any atom is 0.307 e. The highest BCUT2D eigenvalue weighted by Crippen LogP contribution is 2.14. The molecule has 1 rings (SSSR count).